The van der Waals surface area contributed by atoms with E-state index < -0.39 is 23.8 Å². The van der Waals surface area contributed by atoms with Crippen molar-refractivity contribution in [1.82, 2.24) is 19.9 Å². The molecule has 0 saturated carbocycles. The number of para-hydroxylation sites is 1. The van der Waals surface area contributed by atoms with E-state index in [0.717, 1.165) is 36.9 Å². The van der Waals surface area contributed by atoms with E-state index in [4.69, 9.17) is 24.6 Å². The molecule has 0 atom stereocenters. The molecule has 0 saturated heterocycles. The number of aryl methyl sites for hydroxylation is 1. The molecule has 2 heterocycles. The third kappa shape index (κ3) is 9.94. The van der Waals surface area contributed by atoms with E-state index >= 15 is 0 Å². The van der Waals surface area contributed by atoms with Gasteiger partial charge in [0.2, 0.25) is 0 Å². The van der Waals surface area contributed by atoms with Crippen molar-refractivity contribution < 1.29 is 33.0 Å². The third-order valence-electron chi connectivity index (χ3n) is 8.37. The molecule has 2 aromatic heterocycles. The summed E-state index contributed by atoms with van der Waals surface area (Å²) in [7, 11) is 3.16. The second-order valence-electron chi connectivity index (χ2n) is 12.1. The predicted molar refractivity (Wildman–Crippen MR) is 199 cm³/mol. The third-order valence-corrected chi connectivity index (χ3v) is 8.37. The van der Waals surface area contributed by atoms with Crippen molar-refractivity contribution in [1.29, 1.82) is 5.41 Å². The minimum absolute atomic E-state index is 0.0538. The van der Waals surface area contributed by atoms with Gasteiger partial charge in [-0.05, 0) is 73.2 Å². The number of nitrogens with one attached hydrogen (secondary N) is 3. The Morgan fingerprint density at radius 1 is 0.962 bits per heavy atom. The summed E-state index contributed by atoms with van der Waals surface area (Å²) in [6.07, 6.45) is 4.68. The standard InChI is InChI=1S/C39H42FN7O6/c1-4-5-6-9-23-52-39(50)45-37(41)26-14-17-28(18-15-26)43-25-34-44-30-24-27(16-19-31(30)46(34)2)38(49)47(33-13-7-8-21-42-33)22-20-35(48)53-32-12-10-11-29(40)36(32)51-3/h7-8,10-19,21,24,43H,4-6,9,20,22-23,25H2,1-3H3,(H2,41,45,50). The van der Waals surface area contributed by atoms with Gasteiger partial charge in [0.1, 0.15) is 17.5 Å². The minimum Gasteiger partial charge on any atom is -0.490 e. The van der Waals surface area contributed by atoms with Crippen molar-refractivity contribution in [2.45, 2.75) is 45.6 Å². The first kappa shape index (κ1) is 37.9. The highest BCUT2D eigenvalue weighted by Gasteiger charge is 2.23. The number of carbonyl (C=O) groups is 3. The van der Waals surface area contributed by atoms with Crippen LogP contribution in [0.3, 0.4) is 0 Å². The number of halogens is 1. The first-order valence-electron chi connectivity index (χ1n) is 17.3. The summed E-state index contributed by atoms with van der Waals surface area (Å²) < 4.78 is 31.6. The highest BCUT2D eigenvalue weighted by atomic mass is 19.1. The van der Waals surface area contributed by atoms with Gasteiger partial charge in [-0.15, -0.1) is 0 Å². The maximum Gasteiger partial charge on any atom is 0.412 e. The lowest BCUT2D eigenvalue weighted by Gasteiger charge is -2.21. The lowest BCUT2D eigenvalue weighted by atomic mass is 10.1. The van der Waals surface area contributed by atoms with Gasteiger partial charge in [0.15, 0.2) is 17.3 Å². The number of pyridine rings is 1. The van der Waals surface area contributed by atoms with Gasteiger partial charge in [-0.3, -0.25) is 25.2 Å². The highest BCUT2D eigenvalue weighted by Crippen LogP contribution is 2.30. The molecule has 0 spiro atoms. The molecule has 5 aromatic rings. The zero-order valence-electron chi connectivity index (χ0n) is 29.9. The number of rotatable bonds is 16. The summed E-state index contributed by atoms with van der Waals surface area (Å²) in [5.74, 6) is -0.993. The number of hydrogen-bond acceptors (Lipinski definition) is 10. The summed E-state index contributed by atoms with van der Waals surface area (Å²) in [5, 5.41) is 14.0. The second kappa shape index (κ2) is 18.3. The number of fused-ring (bicyclic) bond motifs is 1. The van der Waals surface area contributed by atoms with Crippen molar-refractivity contribution in [3.63, 3.8) is 0 Å². The maximum atomic E-state index is 14.1. The van der Waals surface area contributed by atoms with Gasteiger partial charge in [0.25, 0.3) is 5.91 Å². The molecule has 53 heavy (non-hydrogen) atoms. The Morgan fingerprint density at radius 2 is 1.75 bits per heavy atom. The summed E-state index contributed by atoms with van der Waals surface area (Å²) in [4.78, 5) is 49.2. The predicted octanol–water partition coefficient (Wildman–Crippen LogP) is 7.00. The van der Waals surface area contributed by atoms with E-state index in [2.05, 4.69) is 22.5 Å². The van der Waals surface area contributed by atoms with Crippen LogP contribution in [0.1, 0.15) is 60.8 Å². The number of aromatic nitrogens is 3. The molecule has 0 aliphatic rings. The van der Waals surface area contributed by atoms with Crippen LogP contribution in [0.4, 0.5) is 20.7 Å². The molecule has 0 bridgehead atoms. The lowest BCUT2D eigenvalue weighted by molar-refractivity contribution is -0.134. The van der Waals surface area contributed by atoms with E-state index in [1.165, 1.54) is 30.2 Å². The molecule has 0 radical (unpaired) electrons. The summed E-state index contributed by atoms with van der Waals surface area (Å²) in [5.41, 5.74) is 3.06. The number of anilines is 2. The number of methoxy groups -OCH3 is 1. The number of hydrogen-bond donors (Lipinski definition) is 3. The Hall–Kier alpha value is -6.31. The van der Waals surface area contributed by atoms with E-state index in [0.29, 0.717) is 41.4 Å². The van der Waals surface area contributed by atoms with Crippen molar-refractivity contribution in [2.75, 3.05) is 30.5 Å². The zero-order valence-corrected chi connectivity index (χ0v) is 29.9. The SMILES string of the molecule is CCCCCCOC(=O)NC(=N)c1ccc(NCc2nc3cc(C(=O)N(CCC(=O)Oc4cccc(F)c4OC)c4ccccn4)ccc3n2C)cc1. The molecular weight excluding hydrogens is 681 g/mol. The van der Waals surface area contributed by atoms with E-state index in [1.54, 1.807) is 60.8 Å². The first-order valence-corrected chi connectivity index (χ1v) is 17.3. The van der Waals surface area contributed by atoms with Crippen LogP contribution >= 0.6 is 0 Å². The normalized spacial score (nSPS) is 10.8. The fraction of sp³-hybridized carbons (Fsp3) is 0.282. The number of amides is 2. The molecule has 0 aliphatic heterocycles. The monoisotopic (exact) mass is 723 g/mol. The van der Waals surface area contributed by atoms with Gasteiger partial charge in [-0.1, -0.05) is 38.3 Å². The summed E-state index contributed by atoms with van der Waals surface area (Å²) >= 11 is 0. The Kier molecular flexibility index (Phi) is 13.1. The Labute approximate surface area is 306 Å². The molecular formula is C39H42FN7O6. The molecule has 0 aliphatic carbocycles. The van der Waals surface area contributed by atoms with Crippen LogP contribution in [0.2, 0.25) is 0 Å². The fourth-order valence-electron chi connectivity index (χ4n) is 5.51. The average molecular weight is 724 g/mol. The van der Waals surface area contributed by atoms with Crippen LogP contribution in [0.5, 0.6) is 11.5 Å². The van der Waals surface area contributed by atoms with E-state index in [9.17, 15) is 18.8 Å². The molecule has 5 rings (SSSR count). The van der Waals surface area contributed by atoms with Gasteiger partial charge < -0.3 is 24.1 Å². The Balaban J connectivity index is 1.22. The van der Waals surface area contributed by atoms with E-state index in [-0.39, 0.29) is 30.3 Å². The van der Waals surface area contributed by atoms with Gasteiger partial charge in [0, 0.05) is 36.6 Å². The first-order chi connectivity index (χ1) is 25.7. The average Bonchev–Trinajstić information content (AvgIpc) is 3.48. The van der Waals surface area contributed by atoms with Crippen molar-refractivity contribution >= 4 is 46.3 Å². The summed E-state index contributed by atoms with van der Waals surface area (Å²) in [6, 6.07) is 21.4. The van der Waals surface area contributed by atoms with Crippen molar-refractivity contribution in [3.8, 4) is 11.5 Å². The molecule has 0 fully saturated rings. The van der Waals surface area contributed by atoms with Crippen LogP contribution in [-0.4, -0.2) is 58.6 Å². The zero-order chi connectivity index (χ0) is 37.7. The molecule has 2 amide bonds. The second-order valence-corrected chi connectivity index (χ2v) is 12.1. The number of alkyl carbamates (subject to hydrolysis) is 1. The van der Waals surface area contributed by atoms with Crippen molar-refractivity contribution in [3.05, 3.63) is 108 Å². The quantitative estimate of drug-likeness (QED) is 0.0320. The van der Waals surface area contributed by atoms with Crippen LogP contribution in [0.25, 0.3) is 11.0 Å². The number of nitrogens with zero attached hydrogens (tertiary/aromatic N) is 4. The molecule has 3 aromatic carbocycles. The number of carbonyl (C=O) groups excluding carboxylic acids is 3. The smallest absolute Gasteiger partial charge is 0.412 e. The van der Waals surface area contributed by atoms with Crippen LogP contribution in [0, 0.1) is 11.2 Å². The van der Waals surface area contributed by atoms with Crippen molar-refractivity contribution in [2.24, 2.45) is 7.05 Å². The van der Waals surface area contributed by atoms with Gasteiger partial charge in [-0.2, -0.15) is 0 Å². The number of imidazole rings is 1. The summed E-state index contributed by atoms with van der Waals surface area (Å²) in [6.45, 7) is 2.74. The van der Waals surface area contributed by atoms with Gasteiger partial charge in [0.05, 0.1) is 37.7 Å². The molecule has 3 N–H and O–H groups in total. The topological polar surface area (TPSA) is 161 Å². The number of esters is 1. The van der Waals surface area contributed by atoms with Gasteiger partial charge in [-0.25, -0.2) is 19.2 Å². The largest absolute Gasteiger partial charge is 0.490 e. The fourth-order valence-corrected chi connectivity index (χ4v) is 5.51. The number of amidine groups is 1. The molecule has 276 valence electrons. The van der Waals surface area contributed by atoms with Crippen LogP contribution in [-0.2, 0) is 23.1 Å². The molecule has 13 nitrogen and oxygen atoms in total. The number of benzene rings is 3. The Bertz CT molecular complexity index is 2050. The van der Waals surface area contributed by atoms with Crippen LogP contribution in [0.15, 0.2) is 85.1 Å². The number of unbranched alkanes of at least 4 members (excludes halogenated alkanes) is 3. The maximum absolute atomic E-state index is 14.1. The van der Waals surface area contributed by atoms with Crippen LogP contribution < -0.4 is 25.0 Å². The minimum atomic E-state index is -0.683. The van der Waals surface area contributed by atoms with Gasteiger partial charge >= 0.3 is 12.1 Å². The lowest BCUT2D eigenvalue weighted by Crippen LogP contribution is -2.34. The Morgan fingerprint density at radius 3 is 2.49 bits per heavy atom. The van der Waals surface area contributed by atoms with E-state index in [1.807, 2.05) is 17.7 Å². The highest BCUT2D eigenvalue weighted by molar-refractivity contribution is 6.07. The number of ether oxygens (including phenoxy) is 3. The molecule has 14 heteroatoms. The molecule has 0 unspecified atom stereocenters.